The van der Waals surface area contributed by atoms with Crippen molar-refractivity contribution in [1.82, 2.24) is 20.2 Å². The van der Waals surface area contributed by atoms with Crippen LogP contribution in [-0.4, -0.2) is 20.2 Å². The van der Waals surface area contributed by atoms with Crippen molar-refractivity contribution in [2.45, 2.75) is 46.1 Å². The van der Waals surface area contributed by atoms with Gasteiger partial charge in [0.05, 0.1) is 6.54 Å². The Balaban J connectivity index is 1.95. The summed E-state index contributed by atoms with van der Waals surface area (Å²) in [5.41, 5.74) is 9.34. The molecule has 0 aliphatic heterocycles. The SMILES string of the molecule is CCCC1(Cn2nnnc2-c2c(C)cccc2N)CC1. The molecule has 1 aliphatic carbocycles. The Labute approximate surface area is 119 Å². The molecule has 3 rings (SSSR count). The molecular weight excluding hydrogens is 250 g/mol. The largest absolute Gasteiger partial charge is 0.398 e. The summed E-state index contributed by atoms with van der Waals surface area (Å²) in [6, 6.07) is 5.91. The third-order valence-electron chi connectivity index (χ3n) is 4.28. The van der Waals surface area contributed by atoms with E-state index in [2.05, 4.69) is 22.4 Å². The highest BCUT2D eigenvalue weighted by Crippen LogP contribution is 2.51. The molecule has 1 aromatic heterocycles. The van der Waals surface area contributed by atoms with E-state index >= 15 is 0 Å². The van der Waals surface area contributed by atoms with Gasteiger partial charge in [-0.15, -0.1) is 5.10 Å². The fraction of sp³-hybridized carbons (Fsp3) is 0.533. The van der Waals surface area contributed by atoms with E-state index in [1.165, 1.54) is 25.7 Å². The summed E-state index contributed by atoms with van der Waals surface area (Å²) in [5.74, 6) is 0.794. The van der Waals surface area contributed by atoms with Crippen LogP contribution in [0.3, 0.4) is 0 Å². The van der Waals surface area contributed by atoms with Gasteiger partial charge in [-0.05, 0) is 53.7 Å². The number of nitrogens with two attached hydrogens (primary N) is 1. The molecule has 1 heterocycles. The maximum atomic E-state index is 6.11. The zero-order valence-electron chi connectivity index (χ0n) is 12.1. The molecule has 1 fully saturated rings. The number of rotatable bonds is 5. The minimum atomic E-state index is 0.413. The fourth-order valence-electron chi connectivity index (χ4n) is 3.00. The van der Waals surface area contributed by atoms with Crippen molar-refractivity contribution in [3.63, 3.8) is 0 Å². The molecule has 20 heavy (non-hydrogen) atoms. The van der Waals surface area contributed by atoms with Gasteiger partial charge in [0.25, 0.3) is 0 Å². The van der Waals surface area contributed by atoms with Crippen molar-refractivity contribution in [2.24, 2.45) is 5.41 Å². The molecule has 5 nitrogen and oxygen atoms in total. The molecule has 0 unspecified atom stereocenters. The molecule has 0 spiro atoms. The van der Waals surface area contributed by atoms with Gasteiger partial charge in [-0.1, -0.05) is 25.5 Å². The van der Waals surface area contributed by atoms with Crippen molar-refractivity contribution in [3.05, 3.63) is 23.8 Å². The highest BCUT2D eigenvalue weighted by molar-refractivity contribution is 5.74. The lowest BCUT2D eigenvalue weighted by molar-refractivity contribution is 0.365. The first-order valence-electron chi connectivity index (χ1n) is 7.27. The molecular formula is C15H21N5. The summed E-state index contributed by atoms with van der Waals surface area (Å²) in [5, 5.41) is 12.2. The number of aromatic nitrogens is 4. The smallest absolute Gasteiger partial charge is 0.184 e. The summed E-state index contributed by atoms with van der Waals surface area (Å²) in [6.45, 7) is 5.18. The number of hydrogen-bond donors (Lipinski definition) is 1. The number of aryl methyl sites for hydroxylation is 1. The molecule has 0 radical (unpaired) electrons. The minimum Gasteiger partial charge on any atom is -0.398 e. The Kier molecular flexibility index (Phi) is 3.20. The van der Waals surface area contributed by atoms with Crippen molar-refractivity contribution in [3.8, 4) is 11.4 Å². The van der Waals surface area contributed by atoms with Crippen LogP contribution in [0.15, 0.2) is 18.2 Å². The summed E-state index contributed by atoms with van der Waals surface area (Å²) in [7, 11) is 0. The lowest BCUT2D eigenvalue weighted by atomic mass is 10.0. The molecule has 0 atom stereocenters. The van der Waals surface area contributed by atoms with Gasteiger partial charge in [0.15, 0.2) is 5.82 Å². The van der Waals surface area contributed by atoms with Gasteiger partial charge < -0.3 is 5.73 Å². The van der Waals surface area contributed by atoms with E-state index in [4.69, 9.17) is 5.73 Å². The molecule has 2 aromatic rings. The Morgan fingerprint density at radius 3 is 2.80 bits per heavy atom. The first-order chi connectivity index (χ1) is 9.65. The maximum Gasteiger partial charge on any atom is 0.184 e. The van der Waals surface area contributed by atoms with E-state index < -0.39 is 0 Å². The average Bonchev–Trinajstić information content (AvgIpc) is 3.01. The van der Waals surface area contributed by atoms with Gasteiger partial charge >= 0.3 is 0 Å². The minimum absolute atomic E-state index is 0.413. The lowest BCUT2D eigenvalue weighted by Crippen LogP contribution is -2.14. The fourth-order valence-corrected chi connectivity index (χ4v) is 3.00. The van der Waals surface area contributed by atoms with E-state index in [1.807, 2.05) is 29.8 Å². The molecule has 0 bridgehead atoms. The van der Waals surface area contributed by atoms with Gasteiger partial charge in [-0.2, -0.15) is 0 Å². The number of tetrazole rings is 1. The third-order valence-corrected chi connectivity index (χ3v) is 4.28. The van der Waals surface area contributed by atoms with E-state index in [9.17, 15) is 0 Å². The van der Waals surface area contributed by atoms with Crippen LogP contribution in [-0.2, 0) is 6.54 Å². The zero-order valence-corrected chi connectivity index (χ0v) is 12.1. The summed E-state index contributed by atoms with van der Waals surface area (Å²) in [4.78, 5) is 0. The van der Waals surface area contributed by atoms with Crippen molar-refractivity contribution in [2.75, 3.05) is 5.73 Å². The maximum absolute atomic E-state index is 6.11. The molecule has 106 valence electrons. The van der Waals surface area contributed by atoms with Gasteiger partial charge in [0.1, 0.15) is 0 Å². The Morgan fingerprint density at radius 1 is 1.35 bits per heavy atom. The second-order valence-electron chi connectivity index (χ2n) is 5.95. The molecule has 0 saturated heterocycles. The van der Waals surface area contributed by atoms with Gasteiger partial charge in [-0.3, -0.25) is 0 Å². The van der Waals surface area contributed by atoms with Gasteiger partial charge in [0, 0.05) is 11.3 Å². The van der Waals surface area contributed by atoms with Gasteiger partial charge in [0.2, 0.25) is 0 Å². The average molecular weight is 271 g/mol. The van der Waals surface area contributed by atoms with E-state index in [0.29, 0.717) is 5.41 Å². The Hall–Kier alpha value is -1.91. The summed E-state index contributed by atoms with van der Waals surface area (Å²) in [6.07, 6.45) is 5.02. The number of hydrogen-bond acceptors (Lipinski definition) is 4. The standard InChI is InChI=1S/C15H21N5/c1-3-7-15(8-9-15)10-20-14(17-18-19-20)13-11(2)5-4-6-12(13)16/h4-6H,3,7-10,16H2,1-2H3. The topological polar surface area (TPSA) is 69.6 Å². The zero-order chi connectivity index (χ0) is 14.2. The molecule has 1 aliphatic rings. The highest BCUT2D eigenvalue weighted by Gasteiger charge is 2.42. The predicted octanol–water partition coefficient (Wildman–Crippen LogP) is 2.81. The third kappa shape index (κ3) is 2.28. The van der Waals surface area contributed by atoms with Crippen LogP contribution >= 0.6 is 0 Å². The van der Waals surface area contributed by atoms with E-state index in [1.54, 1.807) is 0 Å². The van der Waals surface area contributed by atoms with Crippen LogP contribution in [0.4, 0.5) is 5.69 Å². The first-order valence-corrected chi connectivity index (χ1v) is 7.27. The van der Waals surface area contributed by atoms with Crippen molar-refractivity contribution >= 4 is 5.69 Å². The van der Waals surface area contributed by atoms with Gasteiger partial charge in [-0.25, -0.2) is 4.68 Å². The van der Waals surface area contributed by atoms with Crippen LogP contribution in [0.5, 0.6) is 0 Å². The first kappa shape index (κ1) is 13.1. The van der Waals surface area contributed by atoms with Crippen molar-refractivity contribution in [1.29, 1.82) is 0 Å². The number of nitrogens with zero attached hydrogens (tertiary/aromatic N) is 4. The van der Waals surface area contributed by atoms with Crippen LogP contribution in [0.25, 0.3) is 11.4 Å². The van der Waals surface area contributed by atoms with Crippen LogP contribution < -0.4 is 5.73 Å². The number of benzene rings is 1. The normalized spacial score (nSPS) is 16.3. The highest BCUT2D eigenvalue weighted by atomic mass is 15.5. The van der Waals surface area contributed by atoms with Crippen LogP contribution in [0.2, 0.25) is 0 Å². The number of anilines is 1. The summed E-state index contributed by atoms with van der Waals surface area (Å²) >= 11 is 0. The van der Waals surface area contributed by atoms with Crippen LogP contribution in [0.1, 0.15) is 38.2 Å². The Bertz CT molecular complexity index is 592. The molecule has 1 saturated carbocycles. The monoisotopic (exact) mass is 271 g/mol. The van der Waals surface area contributed by atoms with E-state index in [-0.39, 0.29) is 0 Å². The molecule has 2 N–H and O–H groups in total. The Morgan fingerprint density at radius 2 is 2.15 bits per heavy atom. The predicted molar refractivity (Wildman–Crippen MR) is 79.0 cm³/mol. The lowest BCUT2D eigenvalue weighted by Gasteiger charge is -2.15. The van der Waals surface area contributed by atoms with E-state index in [0.717, 1.165) is 29.2 Å². The second kappa shape index (κ2) is 4.89. The quantitative estimate of drug-likeness (QED) is 0.849. The van der Waals surface area contributed by atoms with Crippen LogP contribution in [0, 0.1) is 12.3 Å². The van der Waals surface area contributed by atoms with Crippen molar-refractivity contribution < 1.29 is 0 Å². The number of nitrogen functional groups attached to an aromatic ring is 1. The molecule has 0 amide bonds. The second-order valence-corrected chi connectivity index (χ2v) is 5.95. The summed E-state index contributed by atoms with van der Waals surface area (Å²) < 4.78 is 1.93. The molecule has 5 heteroatoms. The molecule has 1 aromatic carbocycles.